The first-order chi connectivity index (χ1) is 23.5. The van der Waals surface area contributed by atoms with Gasteiger partial charge in [0.25, 0.3) is 0 Å². The number of nitrogens with one attached hydrogen (secondary N) is 2. The minimum absolute atomic E-state index is 0.0310. The van der Waals surface area contributed by atoms with E-state index in [0.29, 0.717) is 5.75 Å². The average Bonchev–Trinajstić information content (AvgIpc) is 3.57. The molecule has 0 spiro atoms. The number of rotatable bonds is 19. The highest BCUT2D eigenvalue weighted by molar-refractivity contribution is 8.13. The normalized spacial score (nSPS) is 22.6. The maximum absolute atomic E-state index is 12.6. The van der Waals surface area contributed by atoms with E-state index in [2.05, 4.69) is 34.4 Å². The van der Waals surface area contributed by atoms with E-state index in [4.69, 9.17) is 19.5 Å². The second-order valence-electron chi connectivity index (χ2n) is 11.4. The predicted molar refractivity (Wildman–Crippen MR) is 173 cm³/mol. The summed E-state index contributed by atoms with van der Waals surface area (Å²) in [4.78, 5) is 85.9. The van der Waals surface area contributed by atoms with Crippen LogP contribution in [0.2, 0.25) is 0 Å². The Bertz CT molecular complexity index is 1710. The first-order valence-electron chi connectivity index (χ1n) is 14.5. The third-order valence-corrected chi connectivity index (χ3v) is 10.7. The van der Waals surface area contributed by atoms with Crippen molar-refractivity contribution in [1.29, 1.82) is 0 Å². The molecule has 28 heteroatoms. The van der Waals surface area contributed by atoms with Crippen molar-refractivity contribution in [2.45, 2.75) is 57.8 Å². The number of hydrogen-bond acceptors (Lipinski definition) is 18. The van der Waals surface area contributed by atoms with E-state index in [9.17, 15) is 57.9 Å². The largest absolute Gasteiger partial charge is 0.481 e. The van der Waals surface area contributed by atoms with Gasteiger partial charge in [-0.05, 0) is 0 Å². The van der Waals surface area contributed by atoms with Crippen LogP contribution in [-0.4, -0.2) is 123 Å². The Labute approximate surface area is 293 Å². The molecule has 288 valence electrons. The highest BCUT2D eigenvalue weighted by Gasteiger charge is 2.50. The molecule has 0 radical (unpaired) electrons. The van der Waals surface area contributed by atoms with Gasteiger partial charge in [-0.2, -0.15) is 4.31 Å². The molecule has 51 heavy (non-hydrogen) atoms. The van der Waals surface area contributed by atoms with Gasteiger partial charge in [-0.3, -0.25) is 32.5 Å². The Morgan fingerprint density at radius 3 is 2.39 bits per heavy atom. The lowest BCUT2D eigenvalue weighted by atomic mass is 9.87. The molecule has 2 aromatic heterocycles. The molecule has 10 N–H and O–H groups in total. The molecule has 2 aromatic rings. The molecule has 1 aliphatic rings. The van der Waals surface area contributed by atoms with E-state index in [0.717, 1.165) is 29.0 Å². The zero-order chi connectivity index (χ0) is 38.4. The zero-order valence-corrected chi connectivity index (χ0v) is 30.6. The smallest absolute Gasteiger partial charge is 0.386 e. The first kappa shape index (κ1) is 43.0. The summed E-state index contributed by atoms with van der Waals surface area (Å²) in [5, 5.41) is 26.1. The summed E-state index contributed by atoms with van der Waals surface area (Å²) < 4.78 is 61.8. The van der Waals surface area contributed by atoms with Crippen molar-refractivity contribution in [3.8, 4) is 0 Å². The number of nitrogens with zero attached hydrogens (tertiary/aromatic N) is 4. The highest BCUT2D eigenvalue weighted by atomic mass is 32.2. The number of carbonyl (C=O) groups excluding carboxylic acids is 3. The van der Waals surface area contributed by atoms with Gasteiger partial charge in [0.1, 0.15) is 36.3 Å². The SMILES string of the molecule is CC(=O)SCCNC(=O)CCNC(=O)[C@@H](O)C(C)(C)COP(=O)(O)OP(=O)(O)OCC1O[C@@H](n2cnc3c(N)ncnc32)[C@H](O)[C@@H]1OP(=O)(O)O. The lowest BCUT2D eigenvalue weighted by Crippen LogP contribution is -2.46. The Morgan fingerprint density at radius 2 is 1.75 bits per heavy atom. The minimum atomic E-state index is -5.56. The first-order valence-corrected chi connectivity index (χ1v) is 20.0. The average molecular weight is 810 g/mol. The van der Waals surface area contributed by atoms with Gasteiger partial charge in [0.05, 0.1) is 19.5 Å². The number of hydrogen-bond donors (Lipinski definition) is 9. The molecule has 24 nitrogen and oxygen atoms in total. The van der Waals surface area contributed by atoms with Crippen molar-refractivity contribution >= 4 is 69.1 Å². The van der Waals surface area contributed by atoms with Crippen LogP contribution in [0.25, 0.3) is 11.2 Å². The number of nitrogens with two attached hydrogens (primary N) is 1. The monoisotopic (exact) mass is 809 g/mol. The fourth-order valence-corrected chi connectivity index (χ4v) is 7.65. The Morgan fingerprint density at radius 1 is 1.08 bits per heavy atom. The number of fused-ring (bicyclic) bond motifs is 1. The number of phosphoric ester groups is 3. The summed E-state index contributed by atoms with van der Waals surface area (Å²) in [7, 11) is -16.4. The van der Waals surface area contributed by atoms with Gasteiger partial charge in [0, 0.05) is 37.6 Å². The van der Waals surface area contributed by atoms with Crippen molar-refractivity contribution < 1.29 is 80.5 Å². The Hall–Kier alpha value is -2.44. The number of aliphatic hydroxyl groups excluding tert-OH is 2. The number of aromatic nitrogens is 4. The van der Waals surface area contributed by atoms with Crippen LogP contribution in [-0.2, 0) is 50.7 Å². The van der Waals surface area contributed by atoms with Gasteiger partial charge < -0.3 is 50.9 Å². The van der Waals surface area contributed by atoms with Gasteiger partial charge >= 0.3 is 23.5 Å². The second kappa shape index (κ2) is 17.6. The maximum atomic E-state index is 12.6. The molecule has 3 rings (SSSR count). The van der Waals surface area contributed by atoms with Gasteiger partial charge in [-0.15, -0.1) is 0 Å². The molecule has 2 amide bonds. The quantitative estimate of drug-likeness (QED) is 0.0587. The summed E-state index contributed by atoms with van der Waals surface area (Å²) in [5.74, 6) is -1.08. The molecule has 3 unspecified atom stereocenters. The summed E-state index contributed by atoms with van der Waals surface area (Å²) in [6.07, 6.45) is -6.88. The predicted octanol–water partition coefficient (Wildman–Crippen LogP) is -1.32. The molecule has 7 atom stereocenters. The zero-order valence-electron chi connectivity index (χ0n) is 27.1. The molecular formula is C23H38N7O17P3S. The van der Waals surface area contributed by atoms with Crippen LogP contribution in [0, 0.1) is 5.41 Å². The van der Waals surface area contributed by atoms with E-state index >= 15 is 0 Å². The van der Waals surface area contributed by atoms with Crippen molar-refractivity contribution in [3.05, 3.63) is 12.7 Å². The number of ether oxygens (including phenoxy) is 1. The van der Waals surface area contributed by atoms with Crippen LogP contribution in [0.1, 0.15) is 33.4 Å². The Kier molecular flexibility index (Phi) is 14.8. The van der Waals surface area contributed by atoms with Crippen molar-refractivity contribution in [3.63, 3.8) is 0 Å². The standard InChI is InChI=1S/C23H38N7O17P3S/c1-12(31)51-7-6-25-14(32)4-5-26-21(35)18(34)23(2,3)9-44-50(41,42)47-49(39,40)43-8-13-17(46-48(36,37)38)16(33)22(45-13)30-11-29-15-19(24)27-10-28-20(15)30/h10-11,13,16-18,22,33-34H,4-9H2,1-3H3,(H,25,32)(H,26,35)(H,39,40)(H,41,42)(H2,24,27,28)(H2,36,37,38)/t13?,16-,17-,18-,22-/m1/s1. The minimum Gasteiger partial charge on any atom is -0.386 e. The van der Waals surface area contributed by atoms with Crippen LogP contribution < -0.4 is 16.4 Å². The topological polar surface area (TPSA) is 364 Å². The molecule has 1 aliphatic heterocycles. The van der Waals surface area contributed by atoms with E-state index < -0.39 is 84.6 Å². The third-order valence-electron chi connectivity index (χ3n) is 6.81. The van der Waals surface area contributed by atoms with Crippen LogP contribution in [0.5, 0.6) is 0 Å². The van der Waals surface area contributed by atoms with Crippen LogP contribution in [0.15, 0.2) is 12.7 Å². The number of thioether (sulfide) groups is 1. The summed E-state index contributed by atoms with van der Waals surface area (Å²) in [6, 6.07) is 0. The van der Waals surface area contributed by atoms with Crippen molar-refractivity contribution in [1.82, 2.24) is 30.2 Å². The third kappa shape index (κ3) is 12.9. The molecule has 0 aromatic carbocycles. The number of anilines is 1. The molecule has 3 heterocycles. The summed E-state index contributed by atoms with van der Waals surface area (Å²) in [5.41, 5.74) is 4.26. The molecular weight excluding hydrogens is 771 g/mol. The summed E-state index contributed by atoms with van der Waals surface area (Å²) >= 11 is 1.03. The molecule has 0 bridgehead atoms. The number of imidazole rings is 1. The number of amides is 2. The molecule has 1 saturated heterocycles. The van der Waals surface area contributed by atoms with Gasteiger partial charge in [0.2, 0.25) is 11.8 Å². The van der Waals surface area contributed by atoms with Crippen LogP contribution >= 0.6 is 35.2 Å². The van der Waals surface area contributed by atoms with Gasteiger partial charge in [0.15, 0.2) is 22.8 Å². The lowest BCUT2D eigenvalue weighted by Gasteiger charge is -2.30. The van der Waals surface area contributed by atoms with Gasteiger partial charge in [-0.25, -0.2) is 28.6 Å². The number of aliphatic hydroxyl groups is 2. The van der Waals surface area contributed by atoms with E-state index in [-0.39, 0.29) is 41.6 Å². The Balaban J connectivity index is 1.55. The summed E-state index contributed by atoms with van der Waals surface area (Å²) in [6.45, 7) is 1.90. The lowest BCUT2D eigenvalue weighted by molar-refractivity contribution is -0.137. The van der Waals surface area contributed by atoms with Crippen molar-refractivity contribution in [2.24, 2.45) is 5.41 Å². The van der Waals surface area contributed by atoms with E-state index in [1.54, 1.807) is 0 Å². The van der Waals surface area contributed by atoms with E-state index in [1.807, 2.05) is 0 Å². The molecule has 0 saturated carbocycles. The molecule has 0 aliphatic carbocycles. The van der Waals surface area contributed by atoms with Crippen molar-refractivity contribution in [2.75, 3.05) is 37.8 Å². The fraction of sp³-hybridized carbons (Fsp3) is 0.652. The number of carbonyl (C=O) groups is 3. The van der Waals surface area contributed by atoms with Crippen LogP contribution in [0.3, 0.4) is 0 Å². The maximum Gasteiger partial charge on any atom is 0.481 e. The van der Waals surface area contributed by atoms with Crippen LogP contribution in [0.4, 0.5) is 5.82 Å². The highest BCUT2D eigenvalue weighted by Crippen LogP contribution is 2.61. The second-order valence-corrected chi connectivity index (χ2v) is 16.9. The number of phosphoric acid groups is 3. The fourth-order valence-electron chi connectivity index (χ4n) is 4.32. The van der Waals surface area contributed by atoms with Gasteiger partial charge in [-0.1, -0.05) is 25.6 Å². The number of nitrogen functional groups attached to an aromatic ring is 1. The van der Waals surface area contributed by atoms with E-state index in [1.165, 1.54) is 20.8 Å². The molecule has 1 fully saturated rings.